The molecule has 0 bridgehead atoms. The Balaban J connectivity index is 1.88. The van der Waals surface area contributed by atoms with Crippen molar-refractivity contribution in [3.05, 3.63) is 70.5 Å². The van der Waals surface area contributed by atoms with Crippen LogP contribution in [0.2, 0.25) is 5.02 Å². The normalized spacial score (nSPS) is 10.2. The van der Waals surface area contributed by atoms with Crippen molar-refractivity contribution in [1.29, 1.82) is 0 Å². The minimum Gasteiger partial charge on any atom is -0.358 e. The summed E-state index contributed by atoms with van der Waals surface area (Å²) in [7, 11) is 1.91. The van der Waals surface area contributed by atoms with Gasteiger partial charge in [-0.2, -0.15) is 0 Å². The van der Waals surface area contributed by atoms with Crippen molar-refractivity contribution >= 4 is 28.9 Å². The molecule has 110 valence electrons. The average molecular weight is 323 g/mol. The number of rotatable bonds is 4. The summed E-state index contributed by atoms with van der Waals surface area (Å²) >= 11 is 11.5. The molecule has 0 heterocycles. The third-order valence-corrected chi connectivity index (χ3v) is 3.89. The highest BCUT2D eigenvalue weighted by Gasteiger charge is 2.07. The van der Waals surface area contributed by atoms with Gasteiger partial charge in [-0.05, 0) is 41.5 Å². The molecule has 0 amide bonds. The van der Waals surface area contributed by atoms with E-state index in [9.17, 15) is 4.39 Å². The zero-order valence-electron chi connectivity index (χ0n) is 11.6. The van der Waals surface area contributed by atoms with Gasteiger partial charge >= 0.3 is 0 Å². The predicted molar refractivity (Wildman–Crippen MR) is 88.8 cm³/mol. The van der Waals surface area contributed by atoms with Crippen LogP contribution in [0.15, 0.2) is 48.5 Å². The van der Waals surface area contributed by atoms with Gasteiger partial charge in [-0.3, -0.25) is 0 Å². The van der Waals surface area contributed by atoms with Gasteiger partial charge in [0.2, 0.25) is 0 Å². The topological polar surface area (TPSA) is 15.3 Å². The van der Waals surface area contributed by atoms with Crippen LogP contribution in [0.3, 0.4) is 0 Å². The monoisotopic (exact) mass is 322 g/mol. The van der Waals surface area contributed by atoms with Gasteiger partial charge in [0.1, 0.15) is 5.82 Å². The highest BCUT2D eigenvalue weighted by molar-refractivity contribution is 7.80. The molecule has 0 atom stereocenters. The second kappa shape index (κ2) is 7.38. The van der Waals surface area contributed by atoms with E-state index in [0.29, 0.717) is 18.2 Å². The first kappa shape index (κ1) is 15.7. The van der Waals surface area contributed by atoms with Gasteiger partial charge < -0.3 is 10.2 Å². The van der Waals surface area contributed by atoms with Crippen molar-refractivity contribution in [1.82, 2.24) is 10.2 Å². The van der Waals surface area contributed by atoms with E-state index in [4.69, 9.17) is 23.8 Å². The second-order valence-corrected chi connectivity index (χ2v) is 5.53. The number of nitrogens with one attached hydrogen (secondary N) is 1. The van der Waals surface area contributed by atoms with Gasteiger partial charge in [0.25, 0.3) is 0 Å². The molecule has 0 saturated heterocycles. The first-order valence-electron chi connectivity index (χ1n) is 6.53. The standard InChI is InChI=1S/C16H16ClFN2S/c1-20(11-13-4-2-3-5-15(13)17)16(21)19-10-12-6-8-14(18)9-7-12/h2-9H,10-11H2,1H3,(H,19,21). The van der Waals surface area contributed by atoms with Gasteiger partial charge in [0.05, 0.1) is 0 Å². The molecule has 0 aromatic heterocycles. The molecule has 5 heteroatoms. The predicted octanol–water partition coefficient (Wildman–Crippen LogP) is 3.99. The van der Waals surface area contributed by atoms with Crippen LogP contribution in [0.1, 0.15) is 11.1 Å². The summed E-state index contributed by atoms with van der Waals surface area (Å²) in [6.07, 6.45) is 0. The summed E-state index contributed by atoms with van der Waals surface area (Å²) in [5.74, 6) is -0.239. The maximum absolute atomic E-state index is 12.8. The molecule has 21 heavy (non-hydrogen) atoms. The molecule has 0 saturated carbocycles. The van der Waals surface area contributed by atoms with Gasteiger partial charge in [0.15, 0.2) is 5.11 Å². The molecule has 0 aliphatic heterocycles. The molecule has 0 unspecified atom stereocenters. The number of benzene rings is 2. The molecule has 0 aliphatic carbocycles. The zero-order chi connectivity index (χ0) is 15.2. The first-order valence-corrected chi connectivity index (χ1v) is 7.31. The van der Waals surface area contributed by atoms with Gasteiger partial charge in [-0.25, -0.2) is 4.39 Å². The lowest BCUT2D eigenvalue weighted by molar-refractivity contribution is 0.489. The first-order chi connectivity index (χ1) is 10.1. The average Bonchev–Trinajstić information content (AvgIpc) is 2.48. The minimum absolute atomic E-state index is 0.239. The lowest BCUT2D eigenvalue weighted by Gasteiger charge is -2.21. The van der Waals surface area contributed by atoms with E-state index in [-0.39, 0.29) is 5.82 Å². The van der Waals surface area contributed by atoms with E-state index in [1.54, 1.807) is 12.1 Å². The van der Waals surface area contributed by atoms with Crippen LogP contribution in [-0.2, 0) is 13.1 Å². The fourth-order valence-electron chi connectivity index (χ4n) is 1.87. The molecular weight excluding hydrogens is 307 g/mol. The van der Waals surface area contributed by atoms with Gasteiger partial charge in [-0.1, -0.05) is 41.9 Å². The summed E-state index contributed by atoms with van der Waals surface area (Å²) in [6, 6.07) is 14.0. The lowest BCUT2D eigenvalue weighted by atomic mass is 10.2. The van der Waals surface area contributed by atoms with Crippen LogP contribution >= 0.6 is 23.8 Å². The van der Waals surface area contributed by atoms with E-state index in [0.717, 1.165) is 16.1 Å². The van der Waals surface area contributed by atoms with E-state index >= 15 is 0 Å². The van der Waals surface area contributed by atoms with Gasteiger partial charge in [0, 0.05) is 25.2 Å². The van der Waals surface area contributed by atoms with E-state index in [1.807, 2.05) is 36.2 Å². The Kier molecular flexibility index (Phi) is 5.53. The highest BCUT2D eigenvalue weighted by atomic mass is 35.5. The zero-order valence-corrected chi connectivity index (χ0v) is 13.2. The summed E-state index contributed by atoms with van der Waals surface area (Å²) in [5, 5.41) is 4.50. The van der Waals surface area contributed by atoms with Crippen LogP contribution in [-0.4, -0.2) is 17.1 Å². The number of hydrogen-bond acceptors (Lipinski definition) is 1. The third kappa shape index (κ3) is 4.69. The Bertz CT molecular complexity index is 616. The molecule has 2 rings (SSSR count). The maximum Gasteiger partial charge on any atom is 0.169 e. The number of hydrogen-bond donors (Lipinski definition) is 1. The maximum atomic E-state index is 12.8. The third-order valence-electron chi connectivity index (χ3n) is 3.07. The van der Waals surface area contributed by atoms with Crippen molar-refractivity contribution in [2.75, 3.05) is 7.05 Å². The Morgan fingerprint density at radius 2 is 1.86 bits per heavy atom. The molecule has 2 nitrogen and oxygen atoms in total. The molecule has 0 spiro atoms. The summed E-state index contributed by atoms with van der Waals surface area (Å²) in [6.45, 7) is 1.20. The van der Waals surface area contributed by atoms with Crippen LogP contribution in [0.5, 0.6) is 0 Å². The number of nitrogens with zero attached hydrogens (tertiary/aromatic N) is 1. The quantitative estimate of drug-likeness (QED) is 0.857. The van der Waals surface area contributed by atoms with Crippen molar-refractivity contribution in [3.8, 4) is 0 Å². The summed E-state index contributed by atoms with van der Waals surface area (Å²) in [5.41, 5.74) is 2.00. The molecule has 2 aromatic carbocycles. The lowest BCUT2D eigenvalue weighted by Crippen LogP contribution is -2.36. The van der Waals surface area contributed by atoms with Crippen LogP contribution in [0, 0.1) is 5.82 Å². The Morgan fingerprint density at radius 1 is 1.19 bits per heavy atom. The van der Waals surface area contributed by atoms with Crippen LogP contribution in [0.25, 0.3) is 0 Å². The largest absolute Gasteiger partial charge is 0.358 e. The Morgan fingerprint density at radius 3 is 2.52 bits per heavy atom. The molecule has 2 aromatic rings. The summed E-state index contributed by atoms with van der Waals surface area (Å²) in [4.78, 5) is 1.92. The van der Waals surface area contributed by atoms with Crippen molar-refractivity contribution < 1.29 is 4.39 Å². The number of halogens is 2. The Hall–Kier alpha value is -1.65. The van der Waals surface area contributed by atoms with E-state index < -0.39 is 0 Å². The van der Waals surface area contributed by atoms with Crippen molar-refractivity contribution in [2.45, 2.75) is 13.1 Å². The smallest absolute Gasteiger partial charge is 0.169 e. The second-order valence-electron chi connectivity index (χ2n) is 4.73. The summed E-state index contributed by atoms with van der Waals surface area (Å²) < 4.78 is 12.8. The fourth-order valence-corrected chi connectivity index (χ4v) is 2.20. The molecule has 0 fully saturated rings. The van der Waals surface area contributed by atoms with Crippen LogP contribution in [0.4, 0.5) is 4.39 Å². The molecule has 0 aliphatic rings. The minimum atomic E-state index is -0.239. The van der Waals surface area contributed by atoms with E-state index in [2.05, 4.69) is 5.32 Å². The number of thiocarbonyl (C=S) groups is 1. The van der Waals surface area contributed by atoms with Gasteiger partial charge in [-0.15, -0.1) is 0 Å². The molecule has 0 radical (unpaired) electrons. The molecular formula is C16H16ClFN2S. The van der Waals surface area contributed by atoms with Crippen molar-refractivity contribution in [2.24, 2.45) is 0 Å². The highest BCUT2D eigenvalue weighted by Crippen LogP contribution is 2.16. The van der Waals surface area contributed by atoms with Crippen molar-refractivity contribution in [3.63, 3.8) is 0 Å². The van der Waals surface area contributed by atoms with E-state index in [1.165, 1.54) is 12.1 Å². The molecule has 1 N–H and O–H groups in total. The SMILES string of the molecule is CN(Cc1ccccc1Cl)C(=S)NCc1ccc(F)cc1. The Labute approximate surface area is 134 Å². The fraction of sp³-hybridized carbons (Fsp3) is 0.188. The van der Waals surface area contributed by atoms with Crippen LogP contribution < -0.4 is 5.32 Å².